The monoisotopic (exact) mass is 397 g/mol. The number of hydrogen-bond acceptors (Lipinski definition) is 8. The SMILES string of the molecule is COc1ccc2nc(NC(=O)C(C)OC(=O)c3ccc4ocnc4c3)sc2c1. The van der Waals surface area contributed by atoms with Crippen LogP contribution in [0.2, 0.25) is 0 Å². The zero-order chi connectivity index (χ0) is 19.7. The molecule has 4 rings (SSSR count). The number of nitrogens with one attached hydrogen (secondary N) is 1. The number of anilines is 1. The normalized spacial score (nSPS) is 12.1. The van der Waals surface area contributed by atoms with Crippen LogP contribution in [0.1, 0.15) is 17.3 Å². The van der Waals surface area contributed by atoms with Crippen molar-refractivity contribution >= 4 is 49.7 Å². The van der Waals surface area contributed by atoms with E-state index < -0.39 is 18.0 Å². The number of carbonyl (C=O) groups is 2. The number of hydrogen-bond donors (Lipinski definition) is 1. The molecule has 1 unspecified atom stereocenters. The summed E-state index contributed by atoms with van der Waals surface area (Å²) in [6.07, 6.45) is 0.297. The molecule has 1 N–H and O–H groups in total. The van der Waals surface area contributed by atoms with Crippen molar-refractivity contribution in [1.82, 2.24) is 9.97 Å². The standard InChI is InChI=1S/C19H15N3O5S/c1-10(27-18(24)11-3-6-15-14(7-11)20-9-26-15)17(23)22-19-21-13-5-4-12(25-2)8-16(13)28-19/h3-10H,1-2H3,(H,21,22,23). The highest BCUT2D eigenvalue weighted by Gasteiger charge is 2.21. The molecule has 2 heterocycles. The van der Waals surface area contributed by atoms with Gasteiger partial charge in [0.15, 0.2) is 23.2 Å². The molecule has 28 heavy (non-hydrogen) atoms. The molecule has 0 saturated heterocycles. The van der Waals surface area contributed by atoms with Gasteiger partial charge in [-0.05, 0) is 43.3 Å². The highest BCUT2D eigenvalue weighted by Crippen LogP contribution is 2.29. The van der Waals surface area contributed by atoms with Crippen LogP contribution in [-0.4, -0.2) is 35.1 Å². The van der Waals surface area contributed by atoms with Crippen LogP contribution in [0.15, 0.2) is 47.2 Å². The Morgan fingerprint density at radius 1 is 1.18 bits per heavy atom. The summed E-state index contributed by atoms with van der Waals surface area (Å²) in [5, 5.41) is 3.09. The number of esters is 1. The first kappa shape index (κ1) is 17.9. The first-order valence-electron chi connectivity index (χ1n) is 8.33. The number of thiazole rings is 1. The summed E-state index contributed by atoms with van der Waals surface area (Å²) >= 11 is 1.31. The molecular formula is C19H15N3O5S. The summed E-state index contributed by atoms with van der Waals surface area (Å²) in [6.45, 7) is 1.50. The molecule has 0 aliphatic heterocycles. The lowest BCUT2D eigenvalue weighted by Gasteiger charge is -2.12. The molecule has 0 aliphatic rings. The lowest BCUT2D eigenvalue weighted by molar-refractivity contribution is -0.123. The van der Waals surface area contributed by atoms with Crippen LogP contribution in [0.25, 0.3) is 21.3 Å². The molecule has 8 nitrogen and oxygen atoms in total. The van der Waals surface area contributed by atoms with Gasteiger partial charge >= 0.3 is 5.97 Å². The zero-order valence-corrected chi connectivity index (χ0v) is 15.8. The molecular weight excluding hydrogens is 382 g/mol. The number of methoxy groups -OCH3 is 1. The minimum absolute atomic E-state index is 0.285. The third-order valence-corrected chi connectivity index (χ3v) is 4.98. The van der Waals surface area contributed by atoms with Crippen molar-refractivity contribution in [3.63, 3.8) is 0 Å². The fourth-order valence-electron chi connectivity index (χ4n) is 2.56. The highest BCUT2D eigenvalue weighted by atomic mass is 32.1. The van der Waals surface area contributed by atoms with Crippen molar-refractivity contribution in [2.75, 3.05) is 12.4 Å². The maximum absolute atomic E-state index is 12.4. The molecule has 4 aromatic rings. The Morgan fingerprint density at radius 2 is 2.04 bits per heavy atom. The molecule has 0 bridgehead atoms. The van der Waals surface area contributed by atoms with Gasteiger partial charge in [0.2, 0.25) is 0 Å². The lowest BCUT2D eigenvalue weighted by Crippen LogP contribution is -2.29. The summed E-state index contributed by atoms with van der Waals surface area (Å²) in [4.78, 5) is 33.0. The first-order valence-corrected chi connectivity index (χ1v) is 9.15. The lowest BCUT2D eigenvalue weighted by atomic mass is 10.2. The quantitative estimate of drug-likeness (QED) is 0.513. The number of benzene rings is 2. The van der Waals surface area contributed by atoms with Crippen molar-refractivity contribution in [3.8, 4) is 5.75 Å². The average molecular weight is 397 g/mol. The van der Waals surface area contributed by atoms with E-state index in [2.05, 4.69) is 15.3 Å². The molecule has 2 aromatic heterocycles. The Bertz CT molecular complexity index is 1180. The van der Waals surface area contributed by atoms with Crippen LogP contribution in [-0.2, 0) is 9.53 Å². The van der Waals surface area contributed by atoms with Gasteiger partial charge < -0.3 is 13.9 Å². The van der Waals surface area contributed by atoms with E-state index in [9.17, 15) is 9.59 Å². The molecule has 0 spiro atoms. The molecule has 1 atom stereocenters. The van der Waals surface area contributed by atoms with Crippen LogP contribution < -0.4 is 10.1 Å². The second-order valence-corrected chi connectivity index (χ2v) is 6.95. The van der Waals surface area contributed by atoms with E-state index in [0.29, 0.717) is 22.0 Å². The molecule has 142 valence electrons. The Labute approximate surface area is 163 Å². The highest BCUT2D eigenvalue weighted by molar-refractivity contribution is 7.22. The predicted octanol–water partition coefficient (Wildman–Crippen LogP) is 3.63. The fraction of sp³-hybridized carbons (Fsp3) is 0.158. The maximum atomic E-state index is 12.4. The van der Waals surface area contributed by atoms with Crippen molar-refractivity contribution in [2.24, 2.45) is 0 Å². The third-order valence-electron chi connectivity index (χ3n) is 4.04. The van der Waals surface area contributed by atoms with Gasteiger partial charge in [-0.1, -0.05) is 11.3 Å². The van der Waals surface area contributed by atoms with Gasteiger partial charge in [-0.3, -0.25) is 10.1 Å². The summed E-state index contributed by atoms with van der Waals surface area (Å²) in [7, 11) is 1.58. The summed E-state index contributed by atoms with van der Waals surface area (Å²) < 4.78 is 16.4. The van der Waals surface area contributed by atoms with Crippen LogP contribution in [0.4, 0.5) is 5.13 Å². The van der Waals surface area contributed by atoms with Gasteiger partial charge in [0.05, 0.1) is 22.9 Å². The van der Waals surface area contributed by atoms with Crippen LogP contribution in [0.5, 0.6) is 5.75 Å². The summed E-state index contributed by atoms with van der Waals surface area (Å²) in [5.74, 6) is -0.385. The summed E-state index contributed by atoms with van der Waals surface area (Å²) in [6, 6.07) is 10.2. The van der Waals surface area contributed by atoms with E-state index in [-0.39, 0.29) is 5.56 Å². The Balaban J connectivity index is 1.43. The molecule has 1 amide bonds. The number of carbonyl (C=O) groups excluding carboxylic acids is 2. The second-order valence-electron chi connectivity index (χ2n) is 5.92. The van der Waals surface area contributed by atoms with E-state index in [1.165, 1.54) is 24.7 Å². The van der Waals surface area contributed by atoms with Gasteiger partial charge in [-0.2, -0.15) is 0 Å². The van der Waals surface area contributed by atoms with Crippen LogP contribution in [0.3, 0.4) is 0 Å². The third kappa shape index (κ3) is 3.52. The number of amides is 1. The van der Waals surface area contributed by atoms with Crippen molar-refractivity contribution in [2.45, 2.75) is 13.0 Å². The minimum atomic E-state index is -0.998. The molecule has 0 saturated carbocycles. The van der Waals surface area contributed by atoms with Crippen molar-refractivity contribution in [3.05, 3.63) is 48.4 Å². The Morgan fingerprint density at radius 3 is 2.86 bits per heavy atom. The second kappa shape index (κ2) is 7.28. The van der Waals surface area contributed by atoms with Gasteiger partial charge in [-0.15, -0.1) is 0 Å². The maximum Gasteiger partial charge on any atom is 0.338 e. The van der Waals surface area contributed by atoms with Gasteiger partial charge in [-0.25, -0.2) is 14.8 Å². The molecule has 0 radical (unpaired) electrons. The number of aromatic nitrogens is 2. The van der Waals surface area contributed by atoms with E-state index in [0.717, 1.165) is 10.2 Å². The van der Waals surface area contributed by atoms with E-state index in [1.807, 2.05) is 12.1 Å². The van der Waals surface area contributed by atoms with Crippen LogP contribution >= 0.6 is 11.3 Å². The molecule has 9 heteroatoms. The van der Waals surface area contributed by atoms with E-state index in [1.54, 1.807) is 31.4 Å². The van der Waals surface area contributed by atoms with Crippen LogP contribution in [0, 0.1) is 0 Å². The predicted molar refractivity (Wildman–Crippen MR) is 104 cm³/mol. The molecule has 2 aromatic carbocycles. The number of oxazole rings is 1. The summed E-state index contributed by atoms with van der Waals surface area (Å²) in [5.41, 5.74) is 2.13. The average Bonchev–Trinajstić information content (AvgIpc) is 3.32. The fourth-order valence-corrected chi connectivity index (χ4v) is 3.46. The smallest absolute Gasteiger partial charge is 0.338 e. The number of ether oxygens (including phenoxy) is 2. The minimum Gasteiger partial charge on any atom is -0.497 e. The van der Waals surface area contributed by atoms with E-state index >= 15 is 0 Å². The number of fused-ring (bicyclic) bond motifs is 2. The Kier molecular flexibility index (Phi) is 4.66. The number of rotatable bonds is 5. The van der Waals surface area contributed by atoms with Gasteiger partial charge in [0.1, 0.15) is 11.3 Å². The number of nitrogens with zero attached hydrogens (tertiary/aromatic N) is 2. The largest absolute Gasteiger partial charge is 0.497 e. The first-order chi connectivity index (χ1) is 13.5. The van der Waals surface area contributed by atoms with Crippen molar-refractivity contribution < 1.29 is 23.5 Å². The topological polar surface area (TPSA) is 104 Å². The van der Waals surface area contributed by atoms with E-state index in [4.69, 9.17) is 13.9 Å². The molecule has 0 aliphatic carbocycles. The molecule has 0 fully saturated rings. The van der Waals surface area contributed by atoms with Gasteiger partial charge in [0, 0.05) is 0 Å². The van der Waals surface area contributed by atoms with Crippen molar-refractivity contribution in [1.29, 1.82) is 0 Å². The zero-order valence-electron chi connectivity index (χ0n) is 15.0. The van der Waals surface area contributed by atoms with Gasteiger partial charge in [0.25, 0.3) is 5.91 Å². The Hall–Kier alpha value is -3.46.